The maximum absolute atomic E-state index is 3.19. The molecule has 1 saturated carbocycles. The van der Waals surface area contributed by atoms with Gasteiger partial charge in [0.1, 0.15) is 0 Å². The number of thioether (sulfide) groups is 1. The molecule has 1 fully saturated rings. The van der Waals surface area contributed by atoms with Crippen LogP contribution in [0.5, 0.6) is 0 Å². The first kappa shape index (κ1) is 9.40. The molecule has 11 heavy (non-hydrogen) atoms. The van der Waals surface area contributed by atoms with Gasteiger partial charge in [0.15, 0.2) is 0 Å². The lowest BCUT2D eigenvalue weighted by molar-refractivity contribution is 0.516. The number of rotatable bonds is 4. The predicted molar refractivity (Wildman–Crippen MR) is 53.3 cm³/mol. The fraction of sp³-hybridized carbons (Fsp3) is 1.00. The van der Waals surface area contributed by atoms with Crippen LogP contribution in [-0.2, 0) is 0 Å². The molecule has 1 aliphatic carbocycles. The van der Waals surface area contributed by atoms with Gasteiger partial charge in [-0.05, 0) is 19.9 Å². The van der Waals surface area contributed by atoms with E-state index < -0.39 is 0 Å². The summed E-state index contributed by atoms with van der Waals surface area (Å²) in [5.41, 5.74) is 0. The highest BCUT2D eigenvalue weighted by Crippen LogP contribution is 2.27. The Kier molecular flexibility index (Phi) is 5.04. The van der Waals surface area contributed by atoms with Crippen LogP contribution in [0.1, 0.15) is 32.1 Å². The Bertz CT molecular complexity index is 89.6. The van der Waals surface area contributed by atoms with Crippen molar-refractivity contribution < 1.29 is 0 Å². The van der Waals surface area contributed by atoms with Crippen LogP contribution in [0.4, 0.5) is 0 Å². The Morgan fingerprint density at radius 2 is 2.00 bits per heavy atom. The highest BCUT2D eigenvalue weighted by atomic mass is 32.2. The zero-order valence-corrected chi connectivity index (χ0v) is 8.25. The molecule has 2 heteroatoms. The molecule has 66 valence electrons. The molecule has 0 spiro atoms. The van der Waals surface area contributed by atoms with Crippen LogP contribution in [0, 0.1) is 0 Å². The van der Waals surface area contributed by atoms with Crippen LogP contribution in [0.25, 0.3) is 0 Å². The van der Waals surface area contributed by atoms with Crippen LogP contribution in [0.15, 0.2) is 0 Å². The van der Waals surface area contributed by atoms with Gasteiger partial charge in [0.25, 0.3) is 0 Å². The van der Waals surface area contributed by atoms with Crippen molar-refractivity contribution in [1.29, 1.82) is 0 Å². The minimum atomic E-state index is 0.983. The van der Waals surface area contributed by atoms with Crippen molar-refractivity contribution in [2.75, 3.05) is 19.3 Å². The molecule has 1 rings (SSSR count). The van der Waals surface area contributed by atoms with Crippen molar-refractivity contribution in [3.8, 4) is 0 Å². The third-order valence-electron chi connectivity index (χ3n) is 2.26. The quantitative estimate of drug-likeness (QED) is 0.655. The molecule has 0 saturated heterocycles. The minimum Gasteiger partial charge on any atom is -0.319 e. The average molecular weight is 173 g/mol. The molecule has 0 aliphatic heterocycles. The molecule has 0 radical (unpaired) electrons. The van der Waals surface area contributed by atoms with E-state index in [1.165, 1.54) is 44.4 Å². The van der Waals surface area contributed by atoms with E-state index >= 15 is 0 Å². The molecule has 0 aromatic heterocycles. The lowest BCUT2D eigenvalue weighted by Gasteiger charge is -2.20. The van der Waals surface area contributed by atoms with E-state index in [9.17, 15) is 0 Å². The topological polar surface area (TPSA) is 12.0 Å². The van der Waals surface area contributed by atoms with Gasteiger partial charge >= 0.3 is 0 Å². The average Bonchev–Trinajstić information content (AvgIpc) is 2.07. The summed E-state index contributed by atoms with van der Waals surface area (Å²) in [5.74, 6) is 1.29. The van der Waals surface area contributed by atoms with E-state index in [1.807, 2.05) is 7.05 Å². The highest BCUT2D eigenvalue weighted by Gasteiger charge is 2.12. The lowest BCUT2D eigenvalue weighted by Crippen LogP contribution is -2.14. The van der Waals surface area contributed by atoms with Crippen molar-refractivity contribution in [1.82, 2.24) is 5.32 Å². The van der Waals surface area contributed by atoms with Gasteiger partial charge in [-0.3, -0.25) is 0 Å². The molecule has 1 nitrogen and oxygen atoms in total. The number of hydrogen-bond donors (Lipinski definition) is 1. The normalized spacial score (nSPS) is 20.5. The minimum absolute atomic E-state index is 0.983. The predicted octanol–water partition coefficient (Wildman–Crippen LogP) is 2.27. The van der Waals surface area contributed by atoms with Gasteiger partial charge < -0.3 is 5.32 Å². The van der Waals surface area contributed by atoms with E-state index in [-0.39, 0.29) is 0 Å². The molecule has 1 aliphatic rings. The van der Waals surface area contributed by atoms with Crippen molar-refractivity contribution in [2.45, 2.75) is 37.4 Å². The molecule has 0 aromatic rings. The zero-order valence-electron chi connectivity index (χ0n) is 7.44. The Morgan fingerprint density at radius 3 is 2.64 bits per heavy atom. The Balaban J connectivity index is 1.96. The molecule has 0 heterocycles. The number of nitrogens with one attached hydrogen (secondary N) is 1. The Labute approximate surface area is 74.3 Å². The monoisotopic (exact) mass is 173 g/mol. The van der Waals surface area contributed by atoms with E-state index in [2.05, 4.69) is 17.1 Å². The summed E-state index contributed by atoms with van der Waals surface area (Å²) in [7, 11) is 2.03. The standard InChI is InChI=1S/C9H19NS/c1-10-7-8-11-9-5-3-2-4-6-9/h9-10H,2-8H2,1H3. The second-order valence-corrected chi connectivity index (χ2v) is 4.64. The van der Waals surface area contributed by atoms with E-state index in [0.29, 0.717) is 0 Å². The summed E-state index contributed by atoms with van der Waals surface area (Å²) >= 11 is 2.16. The maximum Gasteiger partial charge on any atom is 0.00607 e. The van der Waals surface area contributed by atoms with Crippen molar-refractivity contribution in [3.05, 3.63) is 0 Å². The van der Waals surface area contributed by atoms with E-state index in [1.54, 1.807) is 0 Å². The van der Waals surface area contributed by atoms with Crippen LogP contribution in [0.2, 0.25) is 0 Å². The molecule has 0 bridgehead atoms. The van der Waals surface area contributed by atoms with E-state index in [4.69, 9.17) is 0 Å². The first-order chi connectivity index (χ1) is 5.43. The van der Waals surface area contributed by atoms with Gasteiger partial charge in [0.05, 0.1) is 0 Å². The third-order valence-corrected chi connectivity index (χ3v) is 3.64. The first-order valence-corrected chi connectivity index (χ1v) is 5.74. The fourth-order valence-corrected chi connectivity index (χ4v) is 2.88. The summed E-state index contributed by atoms with van der Waals surface area (Å²) in [6.07, 6.45) is 7.35. The molecule has 1 N–H and O–H groups in total. The van der Waals surface area contributed by atoms with Crippen LogP contribution in [0.3, 0.4) is 0 Å². The Morgan fingerprint density at radius 1 is 1.27 bits per heavy atom. The fourth-order valence-electron chi connectivity index (χ4n) is 1.56. The van der Waals surface area contributed by atoms with Crippen molar-refractivity contribution in [2.24, 2.45) is 0 Å². The van der Waals surface area contributed by atoms with Gasteiger partial charge in [0, 0.05) is 17.5 Å². The largest absolute Gasteiger partial charge is 0.319 e. The summed E-state index contributed by atoms with van der Waals surface area (Å²) in [4.78, 5) is 0. The maximum atomic E-state index is 3.19. The van der Waals surface area contributed by atoms with E-state index in [0.717, 1.165) is 5.25 Å². The lowest BCUT2D eigenvalue weighted by atomic mass is 10.0. The molecule has 0 unspecified atom stereocenters. The molecule has 0 atom stereocenters. The smallest absolute Gasteiger partial charge is 0.00607 e. The molecular formula is C9H19NS. The molecule has 0 amide bonds. The molecular weight excluding hydrogens is 154 g/mol. The summed E-state index contributed by atoms with van der Waals surface area (Å²) in [6, 6.07) is 0. The van der Waals surface area contributed by atoms with Crippen molar-refractivity contribution >= 4 is 11.8 Å². The first-order valence-electron chi connectivity index (χ1n) is 4.69. The highest BCUT2D eigenvalue weighted by molar-refractivity contribution is 7.99. The second-order valence-electron chi connectivity index (χ2n) is 3.23. The van der Waals surface area contributed by atoms with Gasteiger partial charge in [-0.15, -0.1) is 0 Å². The van der Waals surface area contributed by atoms with Gasteiger partial charge in [-0.1, -0.05) is 19.3 Å². The SMILES string of the molecule is CNCCSC1CCCCC1. The van der Waals surface area contributed by atoms with Crippen molar-refractivity contribution in [3.63, 3.8) is 0 Å². The summed E-state index contributed by atoms with van der Waals surface area (Å²) < 4.78 is 0. The Hall–Kier alpha value is 0.310. The van der Waals surface area contributed by atoms with Gasteiger partial charge in [-0.25, -0.2) is 0 Å². The van der Waals surface area contributed by atoms with Crippen LogP contribution >= 0.6 is 11.8 Å². The number of hydrogen-bond acceptors (Lipinski definition) is 2. The van der Waals surface area contributed by atoms with Gasteiger partial charge in [0.2, 0.25) is 0 Å². The van der Waals surface area contributed by atoms with Crippen LogP contribution < -0.4 is 5.32 Å². The third kappa shape index (κ3) is 4.02. The van der Waals surface area contributed by atoms with Crippen LogP contribution in [-0.4, -0.2) is 24.6 Å². The molecule has 0 aromatic carbocycles. The van der Waals surface area contributed by atoms with Gasteiger partial charge in [-0.2, -0.15) is 11.8 Å². The second kappa shape index (κ2) is 5.90. The zero-order chi connectivity index (χ0) is 7.94. The summed E-state index contributed by atoms with van der Waals surface area (Å²) in [6.45, 7) is 1.17. The summed E-state index contributed by atoms with van der Waals surface area (Å²) in [5, 5.41) is 4.17.